The number of amides is 1. The van der Waals surface area contributed by atoms with Gasteiger partial charge in [0.25, 0.3) is 0 Å². The molecule has 0 saturated carbocycles. The SMILES string of the molecule is COc1ccccc1CCN(C)C(=O)Cc1ccc(OC)c(OC)c1. The van der Waals surface area contributed by atoms with E-state index in [2.05, 4.69) is 0 Å². The van der Waals surface area contributed by atoms with E-state index in [1.54, 1.807) is 26.2 Å². The van der Waals surface area contributed by atoms with Gasteiger partial charge in [-0.2, -0.15) is 0 Å². The molecule has 0 atom stereocenters. The largest absolute Gasteiger partial charge is 0.496 e. The van der Waals surface area contributed by atoms with E-state index in [1.807, 2.05) is 49.5 Å². The maximum Gasteiger partial charge on any atom is 0.226 e. The molecule has 0 aliphatic carbocycles. The molecule has 0 aliphatic heterocycles. The van der Waals surface area contributed by atoms with Crippen LogP contribution in [0.4, 0.5) is 0 Å². The third-order valence-electron chi connectivity index (χ3n) is 4.14. The molecule has 0 radical (unpaired) electrons. The molecule has 0 heterocycles. The molecule has 0 N–H and O–H groups in total. The van der Waals surface area contributed by atoms with Crippen LogP contribution in [-0.4, -0.2) is 45.7 Å². The first kappa shape index (κ1) is 18.6. The molecule has 0 aromatic heterocycles. The molecule has 134 valence electrons. The van der Waals surface area contributed by atoms with Crippen molar-refractivity contribution in [1.29, 1.82) is 0 Å². The van der Waals surface area contributed by atoms with Crippen LogP contribution in [-0.2, 0) is 17.6 Å². The highest BCUT2D eigenvalue weighted by Crippen LogP contribution is 2.27. The predicted octanol–water partition coefficient (Wildman–Crippen LogP) is 2.96. The van der Waals surface area contributed by atoms with Gasteiger partial charge in [-0.05, 0) is 35.7 Å². The normalized spacial score (nSPS) is 10.2. The Balaban J connectivity index is 1.96. The van der Waals surface area contributed by atoms with Crippen LogP contribution >= 0.6 is 0 Å². The minimum Gasteiger partial charge on any atom is -0.496 e. The summed E-state index contributed by atoms with van der Waals surface area (Å²) in [4.78, 5) is 14.2. The summed E-state index contributed by atoms with van der Waals surface area (Å²) in [5.41, 5.74) is 1.99. The van der Waals surface area contributed by atoms with Gasteiger partial charge < -0.3 is 19.1 Å². The minimum atomic E-state index is 0.0575. The number of carbonyl (C=O) groups excluding carboxylic acids is 1. The van der Waals surface area contributed by atoms with Gasteiger partial charge in [-0.15, -0.1) is 0 Å². The van der Waals surface area contributed by atoms with E-state index in [1.165, 1.54) is 0 Å². The lowest BCUT2D eigenvalue weighted by Gasteiger charge is -2.18. The van der Waals surface area contributed by atoms with E-state index in [-0.39, 0.29) is 5.91 Å². The predicted molar refractivity (Wildman–Crippen MR) is 97.6 cm³/mol. The first-order chi connectivity index (χ1) is 12.1. The number of para-hydroxylation sites is 1. The van der Waals surface area contributed by atoms with Gasteiger partial charge in [-0.1, -0.05) is 24.3 Å². The lowest BCUT2D eigenvalue weighted by Crippen LogP contribution is -2.30. The Morgan fingerprint density at radius 3 is 2.28 bits per heavy atom. The number of hydrogen-bond acceptors (Lipinski definition) is 4. The summed E-state index contributed by atoms with van der Waals surface area (Å²) in [6, 6.07) is 13.4. The molecule has 5 heteroatoms. The molecule has 0 aliphatic rings. The zero-order valence-corrected chi connectivity index (χ0v) is 15.2. The Morgan fingerprint density at radius 1 is 0.920 bits per heavy atom. The first-order valence-electron chi connectivity index (χ1n) is 8.15. The van der Waals surface area contributed by atoms with Crippen LogP contribution in [0.2, 0.25) is 0 Å². The average Bonchev–Trinajstić information content (AvgIpc) is 2.65. The molecule has 0 bridgehead atoms. The van der Waals surface area contributed by atoms with Crippen molar-refractivity contribution in [3.8, 4) is 17.2 Å². The number of nitrogens with zero attached hydrogens (tertiary/aromatic N) is 1. The van der Waals surface area contributed by atoms with Crippen molar-refractivity contribution in [2.45, 2.75) is 12.8 Å². The van der Waals surface area contributed by atoms with Gasteiger partial charge >= 0.3 is 0 Å². The summed E-state index contributed by atoms with van der Waals surface area (Å²) < 4.78 is 15.9. The standard InChI is InChI=1S/C20H25NO4/c1-21(12-11-16-7-5-6-8-17(16)23-2)20(22)14-15-9-10-18(24-3)19(13-15)25-4/h5-10,13H,11-12,14H2,1-4H3. The number of hydrogen-bond donors (Lipinski definition) is 0. The molecule has 2 aromatic carbocycles. The van der Waals surface area contributed by atoms with Gasteiger partial charge in [-0.3, -0.25) is 4.79 Å². The van der Waals surface area contributed by atoms with Crippen LogP contribution < -0.4 is 14.2 Å². The van der Waals surface area contributed by atoms with Crippen LogP contribution in [0.25, 0.3) is 0 Å². The van der Waals surface area contributed by atoms with E-state index in [4.69, 9.17) is 14.2 Å². The van der Waals surface area contributed by atoms with E-state index < -0.39 is 0 Å². The fourth-order valence-corrected chi connectivity index (χ4v) is 2.62. The van der Waals surface area contributed by atoms with Gasteiger partial charge in [0.2, 0.25) is 5.91 Å². The van der Waals surface area contributed by atoms with Crippen LogP contribution in [0.5, 0.6) is 17.2 Å². The van der Waals surface area contributed by atoms with Crippen molar-refractivity contribution < 1.29 is 19.0 Å². The lowest BCUT2D eigenvalue weighted by atomic mass is 10.1. The quantitative estimate of drug-likeness (QED) is 0.739. The van der Waals surface area contributed by atoms with Crippen molar-refractivity contribution in [3.63, 3.8) is 0 Å². The molecule has 5 nitrogen and oxygen atoms in total. The Hall–Kier alpha value is -2.69. The minimum absolute atomic E-state index is 0.0575. The molecule has 0 unspecified atom stereocenters. The number of carbonyl (C=O) groups is 1. The Labute approximate surface area is 149 Å². The highest BCUT2D eigenvalue weighted by atomic mass is 16.5. The highest BCUT2D eigenvalue weighted by Gasteiger charge is 2.13. The number of methoxy groups -OCH3 is 3. The Kier molecular flexibility index (Phi) is 6.69. The van der Waals surface area contributed by atoms with E-state index >= 15 is 0 Å². The molecular formula is C20H25NO4. The Morgan fingerprint density at radius 2 is 1.60 bits per heavy atom. The fourth-order valence-electron chi connectivity index (χ4n) is 2.62. The van der Waals surface area contributed by atoms with Crippen LogP contribution in [0.3, 0.4) is 0 Å². The maximum atomic E-state index is 12.5. The first-order valence-corrected chi connectivity index (χ1v) is 8.15. The number of ether oxygens (including phenoxy) is 3. The Bertz CT molecular complexity index is 715. The molecule has 2 aromatic rings. The second kappa shape index (κ2) is 8.97. The van der Waals surface area contributed by atoms with Crippen molar-refractivity contribution in [2.24, 2.45) is 0 Å². The van der Waals surface area contributed by atoms with E-state index in [9.17, 15) is 4.79 Å². The zero-order chi connectivity index (χ0) is 18.2. The van der Waals surface area contributed by atoms with Crippen LogP contribution in [0.15, 0.2) is 42.5 Å². The van der Waals surface area contributed by atoms with Gasteiger partial charge in [0, 0.05) is 13.6 Å². The van der Waals surface area contributed by atoms with Crippen molar-refractivity contribution in [2.75, 3.05) is 34.9 Å². The van der Waals surface area contributed by atoms with Crippen LogP contribution in [0, 0.1) is 0 Å². The molecule has 2 rings (SSSR count). The summed E-state index contributed by atoms with van der Waals surface area (Å²) in [5, 5.41) is 0. The van der Waals surface area contributed by atoms with Gasteiger partial charge in [-0.25, -0.2) is 0 Å². The maximum absolute atomic E-state index is 12.5. The second-order valence-electron chi connectivity index (χ2n) is 5.74. The lowest BCUT2D eigenvalue weighted by molar-refractivity contribution is -0.129. The number of likely N-dealkylation sites (N-methyl/N-ethyl adjacent to an activating group) is 1. The van der Waals surface area contributed by atoms with E-state index in [0.29, 0.717) is 24.5 Å². The molecule has 0 fully saturated rings. The topological polar surface area (TPSA) is 48.0 Å². The van der Waals surface area contributed by atoms with Crippen molar-refractivity contribution in [1.82, 2.24) is 4.90 Å². The van der Waals surface area contributed by atoms with Crippen molar-refractivity contribution in [3.05, 3.63) is 53.6 Å². The highest BCUT2D eigenvalue weighted by molar-refractivity contribution is 5.78. The van der Waals surface area contributed by atoms with Gasteiger partial charge in [0.05, 0.1) is 27.8 Å². The molecule has 25 heavy (non-hydrogen) atoms. The van der Waals surface area contributed by atoms with Gasteiger partial charge in [0.1, 0.15) is 5.75 Å². The molecule has 0 saturated heterocycles. The summed E-state index contributed by atoms with van der Waals surface area (Å²) >= 11 is 0. The third-order valence-corrected chi connectivity index (χ3v) is 4.14. The number of benzene rings is 2. The van der Waals surface area contributed by atoms with Crippen molar-refractivity contribution >= 4 is 5.91 Å². The summed E-state index contributed by atoms with van der Waals surface area (Å²) in [6.07, 6.45) is 1.07. The summed E-state index contributed by atoms with van der Waals surface area (Å²) in [6.45, 7) is 0.631. The second-order valence-corrected chi connectivity index (χ2v) is 5.74. The monoisotopic (exact) mass is 343 g/mol. The average molecular weight is 343 g/mol. The van der Waals surface area contributed by atoms with Gasteiger partial charge in [0.15, 0.2) is 11.5 Å². The molecule has 1 amide bonds. The van der Waals surface area contributed by atoms with E-state index in [0.717, 1.165) is 23.3 Å². The smallest absolute Gasteiger partial charge is 0.226 e. The number of rotatable bonds is 8. The fraction of sp³-hybridized carbons (Fsp3) is 0.350. The molecular weight excluding hydrogens is 318 g/mol. The zero-order valence-electron chi connectivity index (χ0n) is 15.2. The van der Waals surface area contributed by atoms with Crippen LogP contribution in [0.1, 0.15) is 11.1 Å². The molecule has 0 spiro atoms. The third kappa shape index (κ3) is 4.89. The summed E-state index contributed by atoms with van der Waals surface area (Å²) in [7, 11) is 6.65. The summed E-state index contributed by atoms with van der Waals surface area (Å²) in [5.74, 6) is 2.19.